The molecule has 1 rings (SSSR count). The second-order valence-corrected chi connectivity index (χ2v) is 3.77. The van der Waals surface area contributed by atoms with Crippen molar-refractivity contribution in [3.8, 4) is 0 Å². The van der Waals surface area contributed by atoms with Gasteiger partial charge in [0.05, 0.1) is 0 Å². The molecule has 0 bridgehead atoms. The molecule has 0 aliphatic carbocycles. The van der Waals surface area contributed by atoms with E-state index >= 15 is 0 Å². The summed E-state index contributed by atoms with van der Waals surface area (Å²) < 4.78 is 0. The van der Waals surface area contributed by atoms with Crippen LogP contribution in [0.15, 0.2) is 0 Å². The molecule has 1 heterocycles. The quantitative estimate of drug-likeness (QED) is 0.639. The third kappa shape index (κ3) is 3.21. The van der Waals surface area contributed by atoms with Crippen LogP contribution in [-0.2, 0) is 0 Å². The molecule has 0 aromatic heterocycles. The maximum Gasteiger partial charge on any atom is -0.00463 e. The molecule has 3 N–H and O–H groups in total. The van der Waals surface area contributed by atoms with Gasteiger partial charge in [-0.15, -0.1) is 0 Å². The monoisotopic (exact) mass is 156 g/mol. The summed E-state index contributed by atoms with van der Waals surface area (Å²) in [5.74, 6) is 1.66. The maximum absolute atomic E-state index is 5.57. The zero-order chi connectivity index (χ0) is 8.10. The summed E-state index contributed by atoms with van der Waals surface area (Å²) in [6.07, 6.45) is 4.03. The molecule has 1 unspecified atom stereocenters. The van der Waals surface area contributed by atoms with Crippen molar-refractivity contribution in [1.29, 1.82) is 0 Å². The largest absolute Gasteiger partial charge is 0.330 e. The Balaban J connectivity index is 2.13. The standard InChI is InChI=1S/C9H20N2/c1-8(7-10)6-9-2-4-11-5-3-9/h8-9,11H,2-7,10H2,1H3. The van der Waals surface area contributed by atoms with Gasteiger partial charge in [-0.05, 0) is 50.7 Å². The van der Waals surface area contributed by atoms with Crippen LogP contribution in [0.25, 0.3) is 0 Å². The van der Waals surface area contributed by atoms with E-state index in [9.17, 15) is 0 Å². The lowest BCUT2D eigenvalue weighted by molar-refractivity contribution is 0.311. The molecule has 1 aliphatic rings. The average molecular weight is 156 g/mol. The minimum absolute atomic E-state index is 0.720. The van der Waals surface area contributed by atoms with Crippen molar-refractivity contribution in [2.24, 2.45) is 17.6 Å². The molecule has 2 heteroatoms. The normalized spacial score (nSPS) is 23.5. The highest BCUT2D eigenvalue weighted by atomic mass is 14.9. The topological polar surface area (TPSA) is 38.0 Å². The molecule has 0 radical (unpaired) electrons. The fourth-order valence-electron chi connectivity index (χ4n) is 1.78. The van der Waals surface area contributed by atoms with Crippen LogP contribution in [0.3, 0.4) is 0 Å². The van der Waals surface area contributed by atoms with Gasteiger partial charge in [0.15, 0.2) is 0 Å². The highest BCUT2D eigenvalue weighted by Gasteiger charge is 2.14. The Morgan fingerprint density at radius 1 is 1.45 bits per heavy atom. The summed E-state index contributed by atoms with van der Waals surface area (Å²) in [5.41, 5.74) is 5.57. The fraction of sp³-hybridized carbons (Fsp3) is 1.00. The number of hydrogen-bond acceptors (Lipinski definition) is 2. The Morgan fingerprint density at radius 2 is 2.09 bits per heavy atom. The lowest BCUT2D eigenvalue weighted by atomic mass is 9.89. The van der Waals surface area contributed by atoms with Crippen LogP contribution in [0.1, 0.15) is 26.2 Å². The van der Waals surface area contributed by atoms with Crippen LogP contribution in [0.2, 0.25) is 0 Å². The Kier molecular flexibility index (Phi) is 3.87. The van der Waals surface area contributed by atoms with Crippen molar-refractivity contribution in [3.63, 3.8) is 0 Å². The minimum Gasteiger partial charge on any atom is -0.330 e. The number of rotatable bonds is 3. The highest BCUT2D eigenvalue weighted by molar-refractivity contribution is 4.70. The van der Waals surface area contributed by atoms with Gasteiger partial charge >= 0.3 is 0 Å². The van der Waals surface area contributed by atoms with Crippen molar-refractivity contribution in [2.75, 3.05) is 19.6 Å². The van der Waals surface area contributed by atoms with E-state index in [1.165, 1.54) is 32.4 Å². The van der Waals surface area contributed by atoms with Crippen LogP contribution in [0.4, 0.5) is 0 Å². The Bertz CT molecular complexity index is 97.7. The SMILES string of the molecule is CC(CN)CC1CCNCC1. The summed E-state index contributed by atoms with van der Waals surface area (Å²) in [7, 11) is 0. The van der Waals surface area contributed by atoms with Gasteiger partial charge in [0.2, 0.25) is 0 Å². The molecule has 1 atom stereocenters. The van der Waals surface area contributed by atoms with Crippen LogP contribution in [0, 0.1) is 11.8 Å². The van der Waals surface area contributed by atoms with Gasteiger partial charge < -0.3 is 11.1 Å². The first kappa shape index (κ1) is 9.01. The third-order valence-corrected chi connectivity index (χ3v) is 2.60. The molecular formula is C9H20N2. The van der Waals surface area contributed by atoms with Gasteiger partial charge in [-0.2, -0.15) is 0 Å². The predicted octanol–water partition coefficient (Wildman–Crippen LogP) is 0.971. The maximum atomic E-state index is 5.57. The van der Waals surface area contributed by atoms with Crippen molar-refractivity contribution in [3.05, 3.63) is 0 Å². The molecule has 0 aromatic carbocycles. The Morgan fingerprint density at radius 3 is 2.64 bits per heavy atom. The van der Waals surface area contributed by atoms with E-state index in [0.717, 1.165) is 18.4 Å². The Hall–Kier alpha value is -0.0800. The van der Waals surface area contributed by atoms with E-state index in [2.05, 4.69) is 12.2 Å². The second-order valence-electron chi connectivity index (χ2n) is 3.77. The van der Waals surface area contributed by atoms with Crippen molar-refractivity contribution in [2.45, 2.75) is 26.2 Å². The first-order valence-electron chi connectivity index (χ1n) is 4.73. The minimum atomic E-state index is 0.720. The van der Waals surface area contributed by atoms with E-state index < -0.39 is 0 Å². The van der Waals surface area contributed by atoms with Crippen LogP contribution in [-0.4, -0.2) is 19.6 Å². The van der Waals surface area contributed by atoms with Crippen LogP contribution >= 0.6 is 0 Å². The highest BCUT2D eigenvalue weighted by Crippen LogP contribution is 2.19. The van der Waals surface area contributed by atoms with Crippen molar-refractivity contribution in [1.82, 2.24) is 5.32 Å². The summed E-state index contributed by atoms with van der Waals surface area (Å²) in [4.78, 5) is 0. The van der Waals surface area contributed by atoms with Crippen LogP contribution in [0.5, 0.6) is 0 Å². The third-order valence-electron chi connectivity index (χ3n) is 2.60. The first-order valence-corrected chi connectivity index (χ1v) is 4.73. The van der Waals surface area contributed by atoms with Crippen LogP contribution < -0.4 is 11.1 Å². The summed E-state index contributed by atoms with van der Waals surface area (Å²) in [6.45, 7) is 5.52. The molecule has 0 spiro atoms. The summed E-state index contributed by atoms with van der Waals surface area (Å²) >= 11 is 0. The van der Waals surface area contributed by atoms with E-state index in [0.29, 0.717) is 0 Å². The molecule has 66 valence electrons. The van der Waals surface area contributed by atoms with Crippen molar-refractivity contribution < 1.29 is 0 Å². The fourth-order valence-corrected chi connectivity index (χ4v) is 1.78. The van der Waals surface area contributed by atoms with E-state index in [1.54, 1.807) is 0 Å². The van der Waals surface area contributed by atoms with E-state index in [4.69, 9.17) is 5.73 Å². The molecule has 1 aliphatic heterocycles. The summed E-state index contributed by atoms with van der Waals surface area (Å²) in [6, 6.07) is 0. The van der Waals surface area contributed by atoms with Gasteiger partial charge in [-0.25, -0.2) is 0 Å². The zero-order valence-corrected chi connectivity index (χ0v) is 7.47. The lowest BCUT2D eigenvalue weighted by Crippen LogP contribution is -2.29. The molecule has 0 aromatic rings. The van der Waals surface area contributed by atoms with E-state index in [1.807, 2.05) is 0 Å². The molecular weight excluding hydrogens is 136 g/mol. The van der Waals surface area contributed by atoms with Gasteiger partial charge in [0, 0.05) is 0 Å². The van der Waals surface area contributed by atoms with Gasteiger partial charge in [0.25, 0.3) is 0 Å². The number of piperidine rings is 1. The molecule has 0 saturated carbocycles. The number of nitrogens with two attached hydrogens (primary N) is 1. The molecule has 2 nitrogen and oxygen atoms in total. The van der Waals surface area contributed by atoms with Gasteiger partial charge in [0.1, 0.15) is 0 Å². The van der Waals surface area contributed by atoms with Crippen molar-refractivity contribution >= 4 is 0 Å². The molecule has 1 saturated heterocycles. The van der Waals surface area contributed by atoms with Gasteiger partial charge in [-0.1, -0.05) is 6.92 Å². The smallest absolute Gasteiger partial charge is 0.00463 e. The Labute approximate surface area is 69.5 Å². The number of hydrogen-bond donors (Lipinski definition) is 2. The zero-order valence-electron chi connectivity index (χ0n) is 7.47. The predicted molar refractivity (Wildman–Crippen MR) is 48.4 cm³/mol. The summed E-state index contributed by atoms with van der Waals surface area (Å²) in [5, 5.41) is 3.37. The van der Waals surface area contributed by atoms with Gasteiger partial charge in [-0.3, -0.25) is 0 Å². The molecule has 1 fully saturated rings. The van der Waals surface area contributed by atoms with E-state index in [-0.39, 0.29) is 0 Å². The average Bonchev–Trinajstić information content (AvgIpc) is 2.06. The second kappa shape index (κ2) is 4.73. The molecule has 0 amide bonds. The number of nitrogens with one attached hydrogen (secondary N) is 1. The lowest BCUT2D eigenvalue weighted by Gasteiger charge is -2.24. The first-order chi connectivity index (χ1) is 5.33. The molecule has 11 heavy (non-hydrogen) atoms.